The Kier molecular flexibility index (Phi) is 4.03. The maximum atomic E-state index is 13.1. The number of carbonyl (C=O) groups is 1. The Morgan fingerprint density at radius 2 is 2.00 bits per heavy atom. The number of aromatic nitrogens is 5. The molecule has 3 aliphatic rings. The van der Waals surface area contributed by atoms with Crippen molar-refractivity contribution in [2.75, 3.05) is 26.2 Å². The van der Waals surface area contributed by atoms with Gasteiger partial charge in [-0.25, -0.2) is 4.98 Å². The standard InChI is InChI=1S/C19H27N7O/c1-2-25-10-6-14-16(21-13-20-14)19(25)7-11-24(12-8-19)18(27)17-23-22-15-5-3-4-9-26(15)17/h13H,2-12H2,1H3,(H,20,21). The molecule has 144 valence electrons. The van der Waals surface area contributed by atoms with Gasteiger partial charge >= 0.3 is 0 Å². The smallest absolute Gasteiger partial charge is 0.291 e. The largest absolute Gasteiger partial charge is 0.348 e. The molecule has 2 aromatic rings. The Balaban J connectivity index is 1.37. The number of amides is 1. The third kappa shape index (κ3) is 2.53. The first-order chi connectivity index (χ1) is 13.2. The molecule has 5 rings (SSSR count). The van der Waals surface area contributed by atoms with Gasteiger partial charge in [-0.15, -0.1) is 10.2 Å². The quantitative estimate of drug-likeness (QED) is 0.864. The van der Waals surface area contributed by atoms with Crippen LogP contribution in [0.1, 0.15) is 60.4 Å². The van der Waals surface area contributed by atoms with Crippen LogP contribution >= 0.6 is 0 Å². The lowest BCUT2D eigenvalue weighted by atomic mass is 9.78. The average molecular weight is 369 g/mol. The Hall–Kier alpha value is -2.22. The number of carbonyl (C=O) groups excluding carboxylic acids is 1. The van der Waals surface area contributed by atoms with Crippen molar-refractivity contribution in [2.24, 2.45) is 0 Å². The number of aryl methyl sites for hydroxylation is 1. The summed E-state index contributed by atoms with van der Waals surface area (Å²) in [4.78, 5) is 25.6. The second-order valence-corrected chi connectivity index (χ2v) is 7.93. The highest BCUT2D eigenvalue weighted by atomic mass is 16.2. The lowest BCUT2D eigenvalue weighted by Gasteiger charge is -2.50. The predicted octanol–water partition coefficient (Wildman–Crippen LogP) is 1.35. The van der Waals surface area contributed by atoms with Crippen LogP contribution in [0.15, 0.2) is 6.33 Å². The molecular formula is C19H27N7O. The first-order valence-corrected chi connectivity index (χ1v) is 10.2. The Bertz CT molecular complexity index is 846. The Morgan fingerprint density at radius 3 is 2.81 bits per heavy atom. The van der Waals surface area contributed by atoms with Crippen molar-refractivity contribution in [2.45, 2.75) is 57.5 Å². The van der Waals surface area contributed by atoms with Gasteiger partial charge in [0, 0.05) is 44.7 Å². The molecule has 0 saturated carbocycles. The summed E-state index contributed by atoms with van der Waals surface area (Å²) in [7, 11) is 0. The van der Waals surface area contributed by atoms with Gasteiger partial charge in [0.25, 0.3) is 5.91 Å². The summed E-state index contributed by atoms with van der Waals surface area (Å²) in [6.07, 6.45) is 7.86. The van der Waals surface area contributed by atoms with E-state index in [0.29, 0.717) is 5.82 Å². The van der Waals surface area contributed by atoms with Crippen LogP contribution in [-0.2, 0) is 24.9 Å². The minimum atomic E-state index is -0.0383. The topological polar surface area (TPSA) is 82.9 Å². The van der Waals surface area contributed by atoms with E-state index in [1.807, 2.05) is 15.8 Å². The molecule has 1 fully saturated rings. The molecule has 0 atom stereocenters. The van der Waals surface area contributed by atoms with E-state index in [1.165, 1.54) is 11.4 Å². The van der Waals surface area contributed by atoms with Crippen LogP contribution in [0.4, 0.5) is 0 Å². The molecule has 3 aliphatic heterocycles. The third-order valence-electron chi connectivity index (χ3n) is 6.71. The average Bonchev–Trinajstić information content (AvgIpc) is 3.36. The van der Waals surface area contributed by atoms with Gasteiger partial charge in [0.05, 0.1) is 17.6 Å². The van der Waals surface area contributed by atoms with Crippen LogP contribution in [-0.4, -0.2) is 66.6 Å². The minimum Gasteiger partial charge on any atom is -0.348 e. The highest BCUT2D eigenvalue weighted by Crippen LogP contribution is 2.42. The van der Waals surface area contributed by atoms with Crippen LogP contribution in [0.5, 0.6) is 0 Å². The molecule has 2 aromatic heterocycles. The number of piperidine rings is 1. The summed E-state index contributed by atoms with van der Waals surface area (Å²) in [5.74, 6) is 1.52. The van der Waals surface area contributed by atoms with Gasteiger partial charge in [-0.1, -0.05) is 6.92 Å². The van der Waals surface area contributed by atoms with E-state index in [4.69, 9.17) is 0 Å². The van der Waals surface area contributed by atoms with Gasteiger partial charge in [0.2, 0.25) is 5.82 Å². The van der Waals surface area contributed by atoms with E-state index in [0.717, 1.165) is 77.1 Å². The normalized spacial score (nSPS) is 21.9. The number of H-pyrrole nitrogens is 1. The molecule has 8 heteroatoms. The van der Waals surface area contributed by atoms with Gasteiger partial charge in [-0.05, 0) is 32.2 Å². The maximum absolute atomic E-state index is 13.1. The SMILES string of the molecule is CCN1CCc2[nH]cnc2C12CCN(C(=O)c1nnc3n1CCCC3)CC2. The van der Waals surface area contributed by atoms with E-state index in [1.54, 1.807) is 0 Å². The molecule has 5 heterocycles. The number of rotatable bonds is 2. The number of nitrogens with zero attached hydrogens (tertiary/aromatic N) is 6. The molecular weight excluding hydrogens is 342 g/mol. The zero-order chi connectivity index (χ0) is 18.4. The third-order valence-corrected chi connectivity index (χ3v) is 6.71. The van der Waals surface area contributed by atoms with E-state index in [2.05, 4.69) is 32.0 Å². The van der Waals surface area contributed by atoms with Crippen molar-refractivity contribution < 1.29 is 4.79 Å². The van der Waals surface area contributed by atoms with Crippen molar-refractivity contribution in [3.8, 4) is 0 Å². The first kappa shape index (κ1) is 16.9. The highest BCUT2D eigenvalue weighted by Gasteiger charge is 2.46. The summed E-state index contributed by atoms with van der Waals surface area (Å²) < 4.78 is 2.03. The van der Waals surface area contributed by atoms with Crippen LogP contribution < -0.4 is 0 Å². The van der Waals surface area contributed by atoms with E-state index >= 15 is 0 Å². The van der Waals surface area contributed by atoms with Gasteiger partial charge in [0.15, 0.2) is 0 Å². The fourth-order valence-corrected chi connectivity index (χ4v) is 5.22. The van der Waals surface area contributed by atoms with Crippen molar-refractivity contribution in [1.82, 2.24) is 34.5 Å². The number of aromatic amines is 1. The first-order valence-electron chi connectivity index (χ1n) is 10.2. The molecule has 8 nitrogen and oxygen atoms in total. The summed E-state index contributed by atoms with van der Waals surface area (Å²) in [6, 6.07) is 0. The van der Waals surface area contributed by atoms with Crippen LogP contribution in [0.3, 0.4) is 0 Å². The summed E-state index contributed by atoms with van der Waals surface area (Å²) in [6.45, 7) is 6.63. The van der Waals surface area contributed by atoms with Gasteiger partial charge in [-0.3, -0.25) is 9.69 Å². The summed E-state index contributed by atoms with van der Waals surface area (Å²) in [5, 5.41) is 8.48. The zero-order valence-corrected chi connectivity index (χ0v) is 15.9. The summed E-state index contributed by atoms with van der Waals surface area (Å²) >= 11 is 0. The fraction of sp³-hybridized carbons (Fsp3) is 0.684. The number of imidazole rings is 1. The fourth-order valence-electron chi connectivity index (χ4n) is 5.22. The highest BCUT2D eigenvalue weighted by molar-refractivity contribution is 5.90. The van der Waals surface area contributed by atoms with Crippen LogP contribution in [0, 0.1) is 0 Å². The summed E-state index contributed by atoms with van der Waals surface area (Å²) in [5.41, 5.74) is 2.43. The molecule has 0 aliphatic carbocycles. The zero-order valence-electron chi connectivity index (χ0n) is 15.9. The number of hydrogen-bond acceptors (Lipinski definition) is 5. The van der Waals surface area contributed by atoms with E-state index in [-0.39, 0.29) is 11.4 Å². The van der Waals surface area contributed by atoms with Crippen molar-refractivity contribution in [3.05, 3.63) is 29.4 Å². The maximum Gasteiger partial charge on any atom is 0.291 e. The predicted molar refractivity (Wildman–Crippen MR) is 99.3 cm³/mol. The lowest BCUT2D eigenvalue weighted by molar-refractivity contribution is 0.00963. The van der Waals surface area contributed by atoms with Gasteiger partial charge in [0.1, 0.15) is 5.82 Å². The number of likely N-dealkylation sites (N-methyl/N-ethyl adjacent to an activating group) is 1. The van der Waals surface area contributed by atoms with E-state index in [9.17, 15) is 4.79 Å². The second kappa shape index (κ2) is 6.44. The number of hydrogen-bond donors (Lipinski definition) is 1. The van der Waals surface area contributed by atoms with E-state index < -0.39 is 0 Å². The van der Waals surface area contributed by atoms with Crippen molar-refractivity contribution in [1.29, 1.82) is 0 Å². The lowest BCUT2D eigenvalue weighted by Crippen LogP contribution is -2.57. The molecule has 0 unspecified atom stereocenters. The molecule has 27 heavy (non-hydrogen) atoms. The van der Waals surface area contributed by atoms with Gasteiger partial charge < -0.3 is 14.5 Å². The molecule has 1 amide bonds. The number of likely N-dealkylation sites (tertiary alicyclic amines) is 1. The van der Waals surface area contributed by atoms with Crippen LogP contribution in [0.2, 0.25) is 0 Å². The Labute approximate surface area is 159 Å². The molecule has 0 bridgehead atoms. The second-order valence-electron chi connectivity index (χ2n) is 7.93. The minimum absolute atomic E-state index is 0.0339. The van der Waals surface area contributed by atoms with Gasteiger partial charge in [-0.2, -0.15) is 0 Å². The van der Waals surface area contributed by atoms with Crippen molar-refractivity contribution in [3.63, 3.8) is 0 Å². The molecule has 1 N–H and O–H groups in total. The van der Waals surface area contributed by atoms with Crippen molar-refractivity contribution >= 4 is 5.91 Å². The number of fused-ring (bicyclic) bond motifs is 3. The molecule has 1 spiro atoms. The monoisotopic (exact) mass is 369 g/mol. The molecule has 1 saturated heterocycles. The Morgan fingerprint density at radius 1 is 1.15 bits per heavy atom. The van der Waals surface area contributed by atoms with Crippen LogP contribution in [0.25, 0.3) is 0 Å². The number of nitrogens with one attached hydrogen (secondary N) is 1. The molecule has 0 aromatic carbocycles. The molecule has 0 radical (unpaired) electrons.